The summed E-state index contributed by atoms with van der Waals surface area (Å²) in [5.74, 6) is 0.701. The number of halogens is 3. The highest BCUT2D eigenvalue weighted by Crippen LogP contribution is 2.29. The Hall–Kier alpha value is -0.290. The zero-order valence-corrected chi connectivity index (χ0v) is 11.1. The molecule has 0 amide bonds. The van der Waals surface area contributed by atoms with Gasteiger partial charge in [-0.3, -0.25) is 0 Å². The fourth-order valence-corrected chi connectivity index (χ4v) is 2.72. The van der Waals surface area contributed by atoms with Gasteiger partial charge in [-0.15, -0.1) is 0 Å². The van der Waals surface area contributed by atoms with Crippen LogP contribution in [0.5, 0.6) is 0 Å². The molecule has 2 nitrogen and oxygen atoms in total. The first kappa shape index (κ1) is 15.8. The summed E-state index contributed by atoms with van der Waals surface area (Å²) in [4.78, 5) is 0. The molecule has 0 bridgehead atoms. The van der Waals surface area contributed by atoms with Crippen molar-refractivity contribution in [2.24, 2.45) is 5.92 Å². The SMILES string of the molecule is CCNC(CCCOCC(F)(F)F)C1CCCC1. The average molecular weight is 267 g/mol. The van der Waals surface area contributed by atoms with Crippen LogP contribution < -0.4 is 5.32 Å². The van der Waals surface area contributed by atoms with Crippen LogP contribution in [0.25, 0.3) is 0 Å². The molecule has 0 aliphatic heterocycles. The van der Waals surface area contributed by atoms with Gasteiger partial charge in [0.2, 0.25) is 0 Å². The Morgan fingerprint density at radius 2 is 1.94 bits per heavy atom. The molecule has 0 aromatic heterocycles. The van der Waals surface area contributed by atoms with Gasteiger partial charge in [0.1, 0.15) is 6.61 Å². The number of hydrogen-bond acceptors (Lipinski definition) is 2. The summed E-state index contributed by atoms with van der Waals surface area (Å²) in [7, 11) is 0. The lowest BCUT2D eigenvalue weighted by Crippen LogP contribution is -2.35. The summed E-state index contributed by atoms with van der Waals surface area (Å²) >= 11 is 0. The van der Waals surface area contributed by atoms with Crippen molar-refractivity contribution in [1.82, 2.24) is 5.32 Å². The standard InChI is InChI=1S/C13H24F3NO/c1-2-17-12(11-6-3-4-7-11)8-5-9-18-10-13(14,15)16/h11-12,17H,2-10H2,1H3. The predicted octanol–water partition coefficient (Wildman–Crippen LogP) is 3.51. The van der Waals surface area contributed by atoms with E-state index in [9.17, 15) is 13.2 Å². The molecular weight excluding hydrogens is 243 g/mol. The maximum atomic E-state index is 11.9. The third-order valence-electron chi connectivity index (χ3n) is 3.50. The van der Waals surface area contributed by atoms with Crippen molar-refractivity contribution in [3.8, 4) is 0 Å². The van der Waals surface area contributed by atoms with Crippen LogP contribution in [0.1, 0.15) is 45.4 Å². The number of nitrogens with one attached hydrogen (secondary N) is 1. The van der Waals surface area contributed by atoms with Crippen molar-refractivity contribution in [2.45, 2.75) is 57.7 Å². The highest BCUT2D eigenvalue weighted by atomic mass is 19.4. The molecule has 1 saturated carbocycles. The first-order chi connectivity index (χ1) is 8.53. The normalized spacial score (nSPS) is 19.3. The van der Waals surface area contributed by atoms with Crippen molar-refractivity contribution < 1.29 is 17.9 Å². The van der Waals surface area contributed by atoms with Crippen LogP contribution in [-0.2, 0) is 4.74 Å². The highest BCUT2D eigenvalue weighted by Gasteiger charge is 2.27. The topological polar surface area (TPSA) is 21.3 Å². The minimum atomic E-state index is -4.20. The van der Waals surface area contributed by atoms with Crippen molar-refractivity contribution in [1.29, 1.82) is 0 Å². The average Bonchev–Trinajstić information content (AvgIpc) is 2.79. The van der Waals surface area contributed by atoms with Gasteiger partial charge in [0.05, 0.1) is 0 Å². The zero-order valence-electron chi connectivity index (χ0n) is 11.1. The highest BCUT2D eigenvalue weighted by molar-refractivity contribution is 4.80. The maximum absolute atomic E-state index is 11.9. The van der Waals surface area contributed by atoms with Crippen molar-refractivity contribution in [3.63, 3.8) is 0 Å². The molecule has 0 saturated heterocycles. The van der Waals surface area contributed by atoms with Crippen LogP contribution >= 0.6 is 0 Å². The summed E-state index contributed by atoms with van der Waals surface area (Å²) in [5, 5.41) is 3.45. The molecule has 0 spiro atoms. The van der Waals surface area contributed by atoms with Gasteiger partial charge < -0.3 is 10.1 Å². The molecule has 0 aromatic carbocycles. The molecule has 0 heterocycles. The summed E-state index contributed by atoms with van der Waals surface area (Å²) in [6, 6.07) is 0.451. The molecule has 1 N–H and O–H groups in total. The van der Waals surface area contributed by atoms with Crippen molar-refractivity contribution >= 4 is 0 Å². The van der Waals surface area contributed by atoms with Crippen molar-refractivity contribution in [2.75, 3.05) is 19.8 Å². The molecule has 1 aliphatic carbocycles. The molecule has 108 valence electrons. The van der Waals surface area contributed by atoms with E-state index in [0.717, 1.165) is 13.0 Å². The largest absolute Gasteiger partial charge is 0.411 e. The second-order valence-electron chi connectivity index (χ2n) is 5.02. The molecule has 18 heavy (non-hydrogen) atoms. The van der Waals surface area contributed by atoms with Crippen LogP contribution in [0, 0.1) is 5.92 Å². The Kier molecular flexibility index (Phi) is 7.00. The van der Waals surface area contributed by atoms with Gasteiger partial charge in [0.25, 0.3) is 0 Å². The van der Waals surface area contributed by atoms with E-state index in [-0.39, 0.29) is 6.61 Å². The van der Waals surface area contributed by atoms with E-state index in [1.165, 1.54) is 25.7 Å². The first-order valence-electron chi connectivity index (χ1n) is 6.91. The molecule has 1 unspecified atom stereocenters. The first-order valence-corrected chi connectivity index (χ1v) is 6.91. The van der Waals surface area contributed by atoms with Gasteiger partial charge in [0.15, 0.2) is 0 Å². The zero-order chi connectivity index (χ0) is 13.4. The Labute approximate surface area is 107 Å². The predicted molar refractivity (Wildman–Crippen MR) is 65.5 cm³/mol. The third kappa shape index (κ3) is 6.59. The van der Waals surface area contributed by atoms with Crippen LogP contribution in [0.15, 0.2) is 0 Å². The molecule has 0 radical (unpaired) electrons. The van der Waals surface area contributed by atoms with Crippen LogP contribution in [0.4, 0.5) is 13.2 Å². The Morgan fingerprint density at radius 3 is 2.50 bits per heavy atom. The van der Waals surface area contributed by atoms with E-state index >= 15 is 0 Å². The minimum absolute atomic E-state index is 0.203. The summed E-state index contributed by atoms with van der Waals surface area (Å²) in [5.41, 5.74) is 0. The summed E-state index contributed by atoms with van der Waals surface area (Å²) in [6.45, 7) is 2.07. The number of hydrogen-bond donors (Lipinski definition) is 1. The summed E-state index contributed by atoms with van der Waals surface area (Å²) in [6.07, 6.45) is 2.49. The second-order valence-corrected chi connectivity index (χ2v) is 5.02. The van der Waals surface area contributed by atoms with Gasteiger partial charge >= 0.3 is 6.18 Å². The molecule has 0 aromatic rings. The lowest BCUT2D eigenvalue weighted by Gasteiger charge is -2.24. The number of ether oxygens (including phenoxy) is 1. The van der Waals surface area contributed by atoms with E-state index in [1.54, 1.807) is 0 Å². The fourth-order valence-electron chi connectivity index (χ4n) is 2.72. The maximum Gasteiger partial charge on any atom is 0.411 e. The Balaban J connectivity index is 2.13. The van der Waals surface area contributed by atoms with Gasteiger partial charge in [-0.1, -0.05) is 19.8 Å². The third-order valence-corrected chi connectivity index (χ3v) is 3.50. The molecule has 1 rings (SSSR count). The van der Waals surface area contributed by atoms with E-state index in [2.05, 4.69) is 17.0 Å². The smallest absolute Gasteiger partial charge is 0.372 e. The van der Waals surface area contributed by atoms with E-state index in [0.29, 0.717) is 18.4 Å². The van der Waals surface area contributed by atoms with Crippen LogP contribution in [0.3, 0.4) is 0 Å². The molecule has 5 heteroatoms. The lowest BCUT2D eigenvalue weighted by atomic mass is 9.94. The van der Waals surface area contributed by atoms with E-state index < -0.39 is 12.8 Å². The number of alkyl halides is 3. The Morgan fingerprint density at radius 1 is 1.28 bits per heavy atom. The second kappa shape index (κ2) is 8.00. The van der Waals surface area contributed by atoms with E-state index in [1.807, 2.05) is 0 Å². The Bertz CT molecular complexity index is 215. The molecule has 1 aliphatic rings. The lowest BCUT2D eigenvalue weighted by molar-refractivity contribution is -0.174. The quantitative estimate of drug-likeness (QED) is 0.679. The fraction of sp³-hybridized carbons (Fsp3) is 1.00. The number of rotatable bonds is 8. The molecule has 1 atom stereocenters. The summed E-state index contributed by atoms with van der Waals surface area (Å²) < 4.78 is 40.2. The monoisotopic (exact) mass is 267 g/mol. The minimum Gasteiger partial charge on any atom is -0.372 e. The molecular formula is C13H24F3NO. The van der Waals surface area contributed by atoms with Crippen molar-refractivity contribution in [3.05, 3.63) is 0 Å². The van der Waals surface area contributed by atoms with Gasteiger partial charge in [-0.2, -0.15) is 13.2 Å². The van der Waals surface area contributed by atoms with Crippen LogP contribution in [0.2, 0.25) is 0 Å². The molecule has 1 fully saturated rings. The van der Waals surface area contributed by atoms with Gasteiger partial charge in [-0.05, 0) is 38.1 Å². The van der Waals surface area contributed by atoms with Crippen LogP contribution in [-0.4, -0.2) is 32.0 Å². The van der Waals surface area contributed by atoms with Gasteiger partial charge in [0, 0.05) is 12.6 Å². The van der Waals surface area contributed by atoms with E-state index in [4.69, 9.17) is 0 Å². The van der Waals surface area contributed by atoms with Gasteiger partial charge in [-0.25, -0.2) is 0 Å².